The van der Waals surface area contributed by atoms with Gasteiger partial charge in [0.15, 0.2) is 5.11 Å². The third kappa shape index (κ3) is 4.90. The van der Waals surface area contributed by atoms with Gasteiger partial charge in [0, 0.05) is 10.9 Å². The lowest BCUT2D eigenvalue weighted by Gasteiger charge is -2.11. The predicted molar refractivity (Wildman–Crippen MR) is 123 cm³/mol. The van der Waals surface area contributed by atoms with E-state index in [1.807, 2.05) is 42.8 Å². The Morgan fingerprint density at radius 3 is 2.59 bits per heavy atom. The third-order valence-corrected chi connectivity index (χ3v) is 6.26. The van der Waals surface area contributed by atoms with E-state index in [1.165, 1.54) is 28.2 Å². The Morgan fingerprint density at radius 2 is 1.93 bits per heavy atom. The number of carbonyl (C=O) groups is 2. The van der Waals surface area contributed by atoms with Crippen molar-refractivity contribution in [3.05, 3.63) is 62.7 Å². The Morgan fingerprint density at radius 1 is 1.14 bits per heavy atom. The number of amides is 1. The average molecular weight is 445 g/mol. The van der Waals surface area contributed by atoms with Gasteiger partial charge in [0.1, 0.15) is 10.6 Å². The van der Waals surface area contributed by atoms with E-state index in [0.717, 1.165) is 16.7 Å². The maximum Gasteiger partial charge on any atom is 0.341 e. The van der Waals surface area contributed by atoms with Gasteiger partial charge in [0.05, 0.1) is 11.5 Å². The van der Waals surface area contributed by atoms with Gasteiger partial charge in [-0.15, -0.1) is 22.7 Å². The first-order valence-electron chi connectivity index (χ1n) is 8.92. The second-order valence-corrected chi connectivity index (χ2v) is 8.49. The number of hydrogen-bond donors (Lipinski definition) is 2. The van der Waals surface area contributed by atoms with Gasteiger partial charge in [-0.2, -0.15) is 0 Å². The van der Waals surface area contributed by atoms with Gasteiger partial charge in [-0.25, -0.2) is 4.79 Å². The molecule has 0 spiro atoms. The first-order valence-corrected chi connectivity index (χ1v) is 11.1. The summed E-state index contributed by atoms with van der Waals surface area (Å²) in [5.74, 6) is -0.724. The smallest absolute Gasteiger partial charge is 0.341 e. The lowest BCUT2D eigenvalue weighted by molar-refractivity contribution is 0.0529. The topological polar surface area (TPSA) is 67.4 Å². The van der Waals surface area contributed by atoms with Crippen LogP contribution in [0.2, 0.25) is 0 Å². The van der Waals surface area contributed by atoms with E-state index in [9.17, 15) is 9.59 Å². The van der Waals surface area contributed by atoms with Gasteiger partial charge in [0.2, 0.25) is 0 Å². The zero-order valence-corrected chi connectivity index (χ0v) is 18.6. The van der Waals surface area contributed by atoms with Gasteiger partial charge in [-0.3, -0.25) is 10.1 Å². The normalized spacial score (nSPS) is 10.4. The fourth-order valence-electron chi connectivity index (χ4n) is 2.68. The van der Waals surface area contributed by atoms with E-state index in [0.29, 0.717) is 15.4 Å². The molecular weight excluding hydrogens is 424 g/mol. The van der Waals surface area contributed by atoms with Crippen LogP contribution in [0, 0.1) is 13.8 Å². The molecule has 3 rings (SSSR count). The zero-order valence-electron chi connectivity index (χ0n) is 16.2. The van der Waals surface area contributed by atoms with E-state index in [1.54, 1.807) is 19.1 Å². The van der Waals surface area contributed by atoms with Crippen molar-refractivity contribution in [1.82, 2.24) is 5.32 Å². The SMILES string of the molecule is CCOC(=O)c1c(-c2ccc(C)c(C)c2)csc1NC(=S)NC(=O)c1cccs1. The molecule has 0 fully saturated rings. The van der Waals surface area contributed by atoms with Crippen LogP contribution in [-0.2, 0) is 4.74 Å². The van der Waals surface area contributed by atoms with Gasteiger partial charge >= 0.3 is 5.97 Å². The summed E-state index contributed by atoms with van der Waals surface area (Å²) in [6.45, 7) is 6.10. The molecule has 29 heavy (non-hydrogen) atoms. The number of hydrogen-bond acceptors (Lipinski definition) is 6. The first-order chi connectivity index (χ1) is 13.9. The van der Waals surface area contributed by atoms with Crippen molar-refractivity contribution in [2.45, 2.75) is 20.8 Å². The highest BCUT2D eigenvalue weighted by Gasteiger charge is 2.23. The molecule has 3 aromatic rings. The van der Waals surface area contributed by atoms with Crippen LogP contribution >= 0.6 is 34.9 Å². The summed E-state index contributed by atoms with van der Waals surface area (Å²) in [6, 6.07) is 9.56. The number of thiocarbonyl (C=S) groups is 1. The molecule has 0 bridgehead atoms. The Labute approximate surface area is 182 Å². The number of anilines is 1. The van der Waals surface area contributed by atoms with Crippen LogP contribution < -0.4 is 10.6 Å². The van der Waals surface area contributed by atoms with Crippen LogP contribution in [0.3, 0.4) is 0 Å². The molecule has 2 heterocycles. The van der Waals surface area contributed by atoms with E-state index in [-0.39, 0.29) is 17.6 Å². The highest BCUT2D eigenvalue weighted by atomic mass is 32.1. The van der Waals surface area contributed by atoms with Crippen LogP contribution in [-0.4, -0.2) is 23.6 Å². The molecule has 0 atom stereocenters. The van der Waals surface area contributed by atoms with Crippen molar-refractivity contribution in [3.63, 3.8) is 0 Å². The summed E-state index contributed by atoms with van der Waals surface area (Å²) in [5.41, 5.74) is 4.42. The van der Waals surface area contributed by atoms with Crippen molar-refractivity contribution >= 4 is 56.9 Å². The van der Waals surface area contributed by atoms with Crippen LogP contribution in [0.1, 0.15) is 38.1 Å². The second kappa shape index (κ2) is 9.30. The lowest BCUT2D eigenvalue weighted by atomic mass is 9.99. The summed E-state index contributed by atoms with van der Waals surface area (Å²) >= 11 is 7.94. The number of benzene rings is 1. The quantitative estimate of drug-likeness (QED) is 0.408. The molecule has 0 radical (unpaired) electrons. The molecule has 1 aromatic carbocycles. The van der Waals surface area contributed by atoms with E-state index in [2.05, 4.69) is 10.6 Å². The summed E-state index contributed by atoms with van der Waals surface area (Å²) in [6.07, 6.45) is 0. The minimum atomic E-state index is -0.433. The average Bonchev–Trinajstić information content (AvgIpc) is 3.34. The van der Waals surface area contributed by atoms with E-state index in [4.69, 9.17) is 17.0 Å². The highest BCUT2D eigenvalue weighted by Crippen LogP contribution is 2.37. The Balaban J connectivity index is 1.89. The molecule has 0 saturated heterocycles. The molecule has 0 aliphatic rings. The summed E-state index contributed by atoms with van der Waals surface area (Å²) in [5, 5.41) is 9.99. The molecule has 1 amide bonds. The molecule has 0 saturated carbocycles. The fraction of sp³-hybridized carbons (Fsp3) is 0.190. The number of ether oxygens (including phenoxy) is 1. The maximum absolute atomic E-state index is 12.7. The molecule has 8 heteroatoms. The minimum Gasteiger partial charge on any atom is -0.462 e. The predicted octanol–water partition coefficient (Wildman–Crippen LogP) is 5.40. The number of aryl methyl sites for hydroxylation is 2. The minimum absolute atomic E-state index is 0.127. The Kier molecular flexibility index (Phi) is 6.79. The molecule has 0 unspecified atom stereocenters. The molecule has 2 N–H and O–H groups in total. The molecule has 2 aromatic heterocycles. The Bertz CT molecular complexity index is 1060. The number of nitrogens with one attached hydrogen (secondary N) is 2. The van der Waals surface area contributed by atoms with Crippen LogP contribution in [0.5, 0.6) is 0 Å². The highest BCUT2D eigenvalue weighted by molar-refractivity contribution is 7.80. The van der Waals surface area contributed by atoms with Gasteiger partial charge in [-0.05, 0) is 61.1 Å². The van der Waals surface area contributed by atoms with Crippen molar-refractivity contribution < 1.29 is 14.3 Å². The van der Waals surface area contributed by atoms with Crippen LogP contribution in [0.15, 0.2) is 41.1 Å². The fourth-order valence-corrected chi connectivity index (χ4v) is 4.52. The van der Waals surface area contributed by atoms with Crippen molar-refractivity contribution in [2.75, 3.05) is 11.9 Å². The molecule has 5 nitrogen and oxygen atoms in total. The monoisotopic (exact) mass is 444 g/mol. The van der Waals surface area contributed by atoms with Crippen LogP contribution in [0.4, 0.5) is 5.00 Å². The molecule has 0 aliphatic heterocycles. The zero-order chi connectivity index (χ0) is 21.0. The van der Waals surface area contributed by atoms with E-state index >= 15 is 0 Å². The van der Waals surface area contributed by atoms with E-state index < -0.39 is 5.97 Å². The standard InChI is InChI=1S/C21H20N2O3S3/c1-4-26-20(25)17-15(14-8-7-12(2)13(3)10-14)11-29-19(17)23-21(27)22-18(24)16-6-5-9-28-16/h5-11H,4H2,1-3H3,(H2,22,23,24,27). The number of thiophene rings is 2. The van der Waals surface area contributed by atoms with Gasteiger partial charge < -0.3 is 10.1 Å². The summed E-state index contributed by atoms with van der Waals surface area (Å²) in [4.78, 5) is 25.4. The number of rotatable bonds is 5. The largest absolute Gasteiger partial charge is 0.462 e. The third-order valence-electron chi connectivity index (χ3n) is 4.29. The van der Waals surface area contributed by atoms with Gasteiger partial charge in [-0.1, -0.05) is 24.3 Å². The number of esters is 1. The second-order valence-electron chi connectivity index (χ2n) is 6.26. The Hall–Kier alpha value is -2.55. The number of carbonyl (C=O) groups excluding carboxylic acids is 2. The van der Waals surface area contributed by atoms with Gasteiger partial charge in [0.25, 0.3) is 5.91 Å². The van der Waals surface area contributed by atoms with Crippen molar-refractivity contribution in [1.29, 1.82) is 0 Å². The first kappa shape index (κ1) is 21.2. The molecular formula is C21H20N2O3S3. The molecule has 0 aliphatic carbocycles. The van der Waals surface area contributed by atoms with Crippen molar-refractivity contribution in [2.24, 2.45) is 0 Å². The van der Waals surface area contributed by atoms with Crippen LogP contribution in [0.25, 0.3) is 11.1 Å². The molecule has 150 valence electrons. The lowest BCUT2D eigenvalue weighted by Crippen LogP contribution is -2.33. The summed E-state index contributed by atoms with van der Waals surface area (Å²) < 4.78 is 5.26. The summed E-state index contributed by atoms with van der Waals surface area (Å²) in [7, 11) is 0. The van der Waals surface area contributed by atoms with Crippen molar-refractivity contribution in [3.8, 4) is 11.1 Å². The maximum atomic E-state index is 12.7.